The van der Waals surface area contributed by atoms with Crippen LogP contribution in [0.5, 0.6) is 0 Å². The van der Waals surface area contributed by atoms with Crippen LogP contribution in [-0.2, 0) is 21.5 Å². The highest BCUT2D eigenvalue weighted by Gasteiger charge is 2.45. The first-order valence-electron chi connectivity index (χ1n) is 11.9. The van der Waals surface area contributed by atoms with Gasteiger partial charge in [-0.25, -0.2) is 9.37 Å². The van der Waals surface area contributed by atoms with Gasteiger partial charge >= 0.3 is 5.97 Å². The van der Waals surface area contributed by atoms with Gasteiger partial charge in [0.2, 0.25) is 0 Å². The summed E-state index contributed by atoms with van der Waals surface area (Å²) >= 11 is 12.7. The summed E-state index contributed by atoms with van der Waals surface area (Å²) in [4.78, 5) is 17.9. The standard InChI is InChI=1S/C25H36Cl2FN5O2/c1-14-12-25(9-10-29-14,22(34)35-24(6,7)8)13-16-20(28)18(26)19(27)21(30-16)31-17-11-15(2)33(32-17)23(3,4)5/h11,14,29H,9-10,12-13H2,1-8H3,(H,30,31,32)/t14-,25?/m1/s1. The summed E-state index contributed by atoms with van der Waals surface area (Å²) in [5.41, 5.74) is -0.827. The second-order valence-electron chi connectivity index (χ2n) is 11.5. The molecule has 0 saturated carbocycles. The summed E-state index contributed by atoms with van der Waals surface area (Å²) in [6.45, 7) is 16.2. The number of rotatable bonds is 5. The fourth-order valence-electron chi connectivity index (χ4n) is 4.54. The lowest BCUT2D eigenvalue weighted by Crippen LogP contribution is -2.50. The van der Waals surface area contributed by atoms with Crippen molar-refractivity contribution in [2.75, 3.05) is 11.9 Å². The summed E-state index contributed by atoms with van der Waals surface area (Å²) in [6.07, 6.45) is 1.02. The maximum Gasteiger partial charge on any atom is 0.313 e. The van der Waals surface area contributed by atoms with Crippen LogP contribution in [0.3, 0.4) is 0 Å². The normalized spacial score (nSPS) is 21.2. The molecule has 2 aromatic heterocycles. The van der Waals surface area contributed by atoms with Crippen molar-refractivity contribution in [2.24, 2.45) is 5.41 Å². The molecule has 0 amide bonds. The molecule has 1 unspecified atom stereocenters. The van der Waals surface area contributed by atoms with Crippen LogP contribution in [0.15, 0.2) is 6.07 Å². The highest BCUT2D eigenvalue weighted by Crippen LogP contribution is 2.41. The Bertz CT molecular complexity index is 1110. The van der Waals surface area contributed by atoms with E-state index >= 15 is 4.39 Å². The first kappa shape index (κ1) is 27.7. The number of hydrogen-bond acceptors (Lipinski definition) is 6. The lowest BCUT2D eigenvalue weighted by atomic mass is 9.72. The Kier molecular flexibility index (Phi) is 7.80. The zero-order valence-corrected chi connectivity index (χ0v) is 23.3. The van der Waals surface area contributed by atoms with Gasteiger partial charge in [-0.2, -0.15) is 5.10 Å². The van der Waals surface area contributed by atoms with Crippen LogP contribution < -0.4 is 10.6 Å². The molecule has 0 aliphatic carbocycles. The van der Waals surface area contributed by atoms with Gasteiger partial charge in [0.1, 0.15) is 15.6 Å². The van der Waals surface area contributed by atoms with Gasteiger partial charge in [-0.15, -0.1) is 0 Å². The number of ether oxygens (including phenoxy) is 1. The molecule has 2 N–H and O–H groups in total. The van der Waals surface area contributed by atoms with Crippen LogP contribution in [-0.4, -0.2) is 38.9 Å². The molecule has 0 bridgehead atoms. The van der Waals surface area contributed by atoms with Crippen molar-refractivity contribution in [3.05, 3.63) is 33.3 Å². The van der Waals surface area contributed by atoms with E-state index in [0.29, 0.717) is 25.2 Å². The second kappa shape index (κ2) is 9.87. The number of pyridine rings is 1. The molecule has 0 aromatic carbocycles. The fourth-order valence-corrected chi connectivity index (χ4v) is 4.91. The van der Waals surface area contributed by atoms with Crippen molar-refractivity contribution >= 4 is 40.8 Å². The van der Waals surface area contributed by atoms with Crippen molar-refractivity contribution in [1.29, 1.82) is 0 Å². The van der Waals surface area contributed by atoms with E-state index in [9.17, 15) is 4.79 Å². The number of carbonyl (C=O) groups excluding carboxylic acids is 1. The molecular formula is C25H36Cl2FN5O2. The van der Waals surface area contributed by atoms with Gasteiger partial charge in [-0.05, 0) is 74.8 Å². The number of piperidine rings is 1. The maximum absolute atomic E-state index is 15.3. The summed E-state index contributed by atoms with van der Waals surface area (Å²) in [6, 6.07) is 1.92. The largest absolute Gasteiger partial charge is 0.460 e. The topological polar surface area (TPSA) is 81.1 Å². The number of nitrogens with one attached hydrogen (secondary N) is 2. The second-order valence-corrected chi connectivity index (χ2v) is 12.3. The van der Waals surface area contributed by atoms with Crippen molar-refractivity contribution in [2.45, 2.75) is 91.8 Å². The smallest absolute Gasteiger partial charge is 0.313 e. The molecule has 1 aliphatic rings. The van der Waals surface area contributed by atoms with Crippen LogP contribution in [0, 0.1) is 18.2 Å². The Morgan fingerprint density at radius 2 is 1.94 bits per heavy atom. The lowest BCUT2D eigenvalue weighted by Gasteiger charge is -2.40. The van der Waals surface area contributed by atoms with Gasteiger partial charge in [0.15, 0.2) is 17.5 Å². The zero-order valence-electron chi connectivity index (χ0n) is 21.8. The minimum absolute atomic E-state index is 0.0409. The Morgan fingerprint density at radius 3 is 2.49 bits per heavy atom. The van der Waals surface area contributed by atoms with Crippen LogP contribution in [0.4, 0.5) is 16.0 Å². The molecule has 3 rings (SSSR count). The first-order chi connectivity index (χ1) is 16.0. The minimum Gasteiger partial charge on any atom is -0.460 e. The molecule has 2 atom stereocenters. The third-order valence-corrected chi connectivity index (χ3v) is 6.81. The molecule has 2 aromatic rings. The molecule has 0 spiro atoms. The van der Waals surface area contributed by atoms with E-state index in [4.69, 9.17) is 27.9 Å². The third kappa shape index (κ3) is 6.27. The monoisotopic (exact) mass is 527 g/mol. The predicted molar refractivity (Wildman–Crippen MR) is 138 cm³/mol. The highest BCUT2D eigenvalue weighted by molar-refractivity contribution is 6.43. The molecular weight excluding hydrogens is 492 g/mol. The van der Waals surface area contributed by atoms with Crippen LogP contribution in [0.2, 0.25) is 10.0 Å². The summed E-state index contributed by atoms with van der Waals surface area (Å²) in [7, 11) is 0. The van der Waals surface area contributed by atoms with Gasteiger partial charge in [-0.1, -0.05) is 23.2 Å². The van der Waals surface area contributed by atoms with Crippen LogP contribution >= 0.6 is 23.2 Å². The maximum atomic E-state index is 15.3. The average molecular weight is 529 g/mol. The van der Waals surface area contributed by atoms with Gasteiger partial charge in [-0.3, -0.25) is 9.48 Å². The van der Waals surface area contributed by atoms with E-state index in [0.717, 1.165) is 5.69 Å². The molecule has 1 saturated heterocycles. The Morgan fingerprint density at radius 1 is 1.29 bits per heavy atom. The minimum atomic E-state index is -0.940. The van der Waals surface area contributed by atoms with Crippen molar-refractivity contribution in [1.82, 2.24) is 20.1 Å². The predicted octanol–water partition coefficient (Wildman–Crippen LogP) is 6.17. The molecule has 3 heterocycles. The van der Waals surface area contributed by atoms with Gasteiger partial charge in [0.05, 0.1) is 16.6 Å². The number of carbonyl (C=O) groups is 1. The summed E-state index contributed by atoms with van der Waals surface area (Å²) < 4.78 is 23.0. The number of anilines is 2. The summed E-state index contributed by atoms with van der Waals surface area (Å²) in [5, 5.41) is 10.7. The molecule has 35 heavy (non-hydrogen) atoms. The number of nitrogens with zero attached hydrogens (tertiary/aromatic N) is 3. The van der Waals surface area contributed by atoms with E-state index in [1.54, 1.807) is 0 Å². The number of halogens is 3. The van der Waals surface area contributed by atoms with E-state index in [2.05, 4.69) is 20.7 Å². The van der Waals surface area contributed by atoms with Crippen molar-refractivity contribution in [3.8, 4) is 0 Å². The zero-order chi connectivity index (χ0) is 26.3. The molecule has 194 valence electrons. The van der Waals surface area contributed by atoms with E-state index in [-0.39, 0.29) is 45.5 Å². The highest BCUT2D eigenvalue weighted by atomic mass is 35.5. The van der Waals surface area contributed by atoms with Gasteiger partial charge in [0.25, 0.3) is 0 Å². The van der Waals surface area contributed by atoms with Crippen LogP contribution in [0.1, 0.15) is 72.7 Å². The van der Waals surface area contributed by atoms with E-state index < -0.39 is 16.8 Å². The number of esters is 1. The van der Waals surface area contributed by atoms with E-state index in [1.165, 1.54) is 0 Å². The fraction of sp³-hybridized carbons (Fsp3) is 0.640. The quantitative estimate of drug-likeness (QED) is 0.452. The molecule has 10 heteroatoms. The average Bonchev–Trinajstić information content (AvgIpc) is 3.09. The number of hydrogen-bond donors (Lipinski definition) is 2. The molecule has 7 nitrogen and oxygen atoms in total. The third-order valence-electron chi connectivity index (χ3n) is 5.99. The summed E-state index contributed by atoms with van der Waals surface area (Å²) in [5.74, 6) is -0.391. The Balaban J connectivity index is 2.00. The van der Waals surface area contributed by atoms with E-state index in [1.807, 2.05) is 66.1 Å². The molecule has 1 aliphatic heterocycles. The van der Waals surface area contributed by atoms with Gasteiger partial charge in [0, 0.05) is 24.2 Å². The lowest BCUT2D eigenvalue weighted by molar-refractivity contribution is -0.170. The molecule has 1 fully saturated rings. The van der Waals surface area contributed by atoms with Crippen molar-refractivity contribution in [3.63, 3.8) is 0 Å². The Hall–Kier alpha value is -1.90. The molecule has 0 radical (unpaired) electrons. The van der Waals surface area contributed by atoms with Crippen LogP contribution in [0.25, 0.3) is 0 Å². The number of aromatic nitrogens is 3. The SMILES string of the molecule is Cc1cc(Nc2nc(CC3(C(=O)OC(C)(C)C)CCN[C@H](C)C3)c(F)c(Cl)c2Cl)nn1C(C)(C)C. The van der Waals surface area contributed by atoms with Crippen molar-refractivity contribution < 1.29 is 13.9 Å². The van der Waals surface area contributed by atoms with Gasteiger partial charge < -0.3 is 15.4 Å². The Labute approximate surface area is 217 Å². The number of aryl methyl sites for hydroxylation is 1. The first-order valence-corrected chi connectivity index (χ1v) is 12.6.